The maximum Gasteiger partial charge on any atom is 0.159 e. The maximum absolute atomic E-state index is 5.69. The Morgan fingerprint density at radius 1 is 1.21 bits per heavy atom. The van der Waals surface area contributed by atoms with E-state index in [0.717, 1.165) is 22.6 Å². The lowest BCUT2D eigenvalue weighted by Gasteiger charge is -2.24. The van der Waals surface area contributed by atoms with Gasteiger partial charge in [0, 0.05) is 11.6 Å². The average molecular weight is 255 g/mol. The van der Waals surface area contributed by atoms with Gasteiger partial charge in [-0.3, -0.25) is 5.10 Å². The van der Waals surface area contributed by atoms with E-state index in [9.17, 15) is 0 Å². The molecule has 1 aromatic carbocycles. The highest BCUT2D eigenvalue weighted by molar-refractivity contribution is 5.80. The first kappa shape index (κ1) is 11.8. The van der Waals surface area contributed by atoms with Crippen LogP contribution in [0.15, 0.2) is 30.3 Å². The molecule has 0 unspecified atom stereocenters. The third kappa shape index (κ3) is 1.87. The standard InChI is InChI=1S/C14H17N5/c1-14(2,3)19-11-7-5-4-6-9(11)16-13(19)10-8-12(15)18-17-10/h4-8H,1-3H3,(H3,15,17,18). The quantitative estimate of drug-likeness (QED) is 0.702. The van der Waals surface area contributed by atoms with Crippen molar-refractivity contribution >= 4 is 16.9 Å². The van der Waals surface area contributed by atoms with Gasteiger partial charge in [0.1, 0.15) is 11.5 Å². The van der Waals surface area contributed by atoms with Crippen molar-refractivity contribution in [3.63, 3.8) is 0 Å². The molecule has 2 heterocycles. The lowest BCUT2D eigenvalue weighted by atomic mass is 10.1. The highest BCUT2D eigenvalue weighted by atomic mass is 15.2. The van der Waals surface area contributed by atoms with Gasteiger partial charge in [0.15, 0.2) is 5.82 Å². The molecular weight excluding hydrogens is 238 g/mol. The Labute approximate surface area is 111 Å². The van der Waals surface area contributed by atoms with Gasteiger partial charge in [-0.15, -0.1) is 0 Å². The molecule has 0 saturated heterocycles. The number of hydrogen-bond donors (Lipinski definition) is 2. The minimum absolute atomic E-state index is 0.0781. The normalized spacial score (nSPS) is 12.2. The summed E-state index contributed by atoms with van der Waals surface area (Å²) in [5.41, 5.74) is 8.53. The van der Waals surface area contributed by atoms with E-state index in [0.29, 0.717) is 5.82 Å². The van der Waals surface area contributed by atoms with Crippen LogP contribution in [0.4, 0.5) is 5.82 Å². The van der Waals surface area contributed by atoms with Gasteiger partial charge in [0.25, 0.3) is 0 Å². The molecule has 3 N–H and O–H groups in total. The zero-order chi connectivity index (χ0) is 13.6. The van der Waals surface area contributed by atoms with Crippen LogP contribution in [0.1, 0.15) is 20.8 Å². The van der Waals surface area contributed by atoms with Crippen LogP contribution in [0.3, 0.4) is 0 Å². The minimum Gasteiger partial charge on any atom is -0.382 e. The summed E-state index contributed by atoms with van der Waals surface area (Å²) in [6.45, 7) is 6.47. The number of benzene rings is 1. The van der Waals surface area contributed by atoms with Gasteiger partial charge < -0.3 is 10.3 Å². The number of hydrogen-bond acceptors (Lipinski definition) is 3. The Balaban J connectivity index is 2.35. The van der Waals surface area contributed by atoms with E-state index in [-0.39, 0.29) is 5.54 Å². The molecule has 0 atom stereocenters. The maximum atomic E-state index is 5.69. The van der Waals surface area contributed by atoms with Crippen molar-refractivity contribution < 1.29 is 0 Å². The second kappa shape index (κ2) is 3.85. The molecule has 0 spiro atoms. The molecule has 2 aromatic heterocycles. The van der Waals surface area contributed by atoms with Crippen molar-refractivity contribution in [1.82, 2.24) is 19.7 Å². The van der Waals surface area contributed by atoms with Crippen LogP contribution in [0.5, 0.6) is 0 Å². The molecular formula is C14H17N5. The largest absolute Gasteiger partial charge is 0.382 e. The van der Waals surface area contributed by atoms with Crippen LogP contribution < -0.4 is 5.73 Å². The number of aromatic nitrogens is 4. The fraction of sp³-hybridized carbons (Fsp3) is 0.286. The Hall–Kier alpha value is -2.30. The van der Waals surface area contributed by atoms with Gasteiger partial charge in [0.05, 0.1) is 11.0 Å². The molecule has 5 nitrogen and oxygen atoms in total. The van der Waals surface area contributed by atoms with Crippen LogP contribution >= 0.6 is 0 Å². The smallest absolute Gasteiger partial charge is 0.159 e. The molecule has 0 bridgehead atoms. The van der Waals surface area contributed by atoms with E-state index in [1.165, 1.54) is 0 Å². The average Bonchev–Trinajstić information content (AvgIpc) is 2.90. The first-order valence-corrected chi connectivity index (χ1v) is 6.26. The molecule has 0 aliphatic carbocycles. The van der Waals surface area contributed by atoms with Crippen molar-refractivity contribution in [2.45, 2.75) is 26.3 Å². The van der Waals surface area contributed by atoms with E-state index in [1.54, 1.807) is 0 Å². The van der Waals surface area contributed by atoms with Gasteiger partial charge in [-0.25, -0.2) is 4.98 Å². The van der Waals surface area contributed by atoms with E-state index >= 15 is 0 Å². The molecule has 19 heavy (non-hydrogen) atoms. The third-order valence-electron chi connectivity index (χ3n) is 3.07. The molecule has 0 fully saturated rings. The Morgan fingerprint density at radius 3 is 2.58 bits per heavy atom. The van der Waals surface area contributed by atoms with Gasteiger partial charge in [0.2, 0.25) is 0 Å². The van der Waals surface area contributed by atoms with E-state index in [1.807, 2.05) is 24.3 Å². The zero-order valence-corrected chi connectivity index (χ0v) is 11.3. The van der Waals surface area contributed by atoms with Crippen LogP contribution in [-0.4, -0.2) is 19.7 Å². The fourth-order valence-electron chi connectivity index (χ4n) is 2.34. The highest BCUT2D eigenvalue weighted by Gasteiger charge is 2.23. The number of nitrogen functional groups attached to an aromatic ring is 1. The van der Waals surface area contributed by atoms with Gasteiger partial charge in [-0.1, -0.05) is 12.1 Å². The summed E-state index contributed by atoms with van der Waals surface area (Å²) in [7, 11) is 0. The number of aromatic amines is 1. The van der Waals surface area contributed by atoms with Crippen molar-refractivity contribution in [2.24, 2.45) is 0 Å². The van der Waals surface area contributed by atoms with Crippen molar-refractivity contribution in [3.05, 3.63) is 30.3 Å². The Morgan fingerprint density at radius 2 is 1.95 bits per heavy atom. The first-order valence-electron chi connectivity index (χ1n) is 6.26. The molecule has 0 saturated carbocycles. The highest BCUT2D eigenvalue weighted by Crippen LogP contribution is 2.30. The number of nitrogens with two attached hydrogens (primary N) is 1. The molecule has 0 amide bonds. The Bertz CT molecular complexity index is 730. The SMILES string of the molecule is CC(C)(C)n1c(-c2cc(N)n[nH]2)nc2ccccc21. The molecule has 0 aliphatic heterocycles. The Kier molecular flexibility index (Phi) is 2.38. The molecule has 5 heteroatoms. The predicted octanol–water partition coefficient (Wildman–Crippen LogP) is 2.76. The second-order valence-electron chi connectivity index (χ2n) is 5.64. The number of nitrogens with zero attached hydrogens (tertiary/aromatic N) is 3. The summed E-state index contributed by atoms with van der Waals surface area (Å²) in [6.07, 6.45) is 0. The number of para-hydroxylation sites is 2. The van der Waals surface area contributed by atoms with Crippen LogP contribution in [-0.2, 0) is 5.54 Å². The van der Waals surface area contributed by atoms with E-state index < -0.39 is 0 Å². The van der Waals surface area contributed by atoms with E-state index in [2.05, 4.69) is 41.6 Å². The predicted molar refractivity (Wildman–Crippen MR) is 76.7 cm³/mol. The van der Waals surface area contributed by atoms with Crippen molar-refractivity contribution in [1.29, 1.82) is 0 Å². The summed E-state index contributed by atoms with van der Waals surface area (Å²) in [4.78, 5) is 4.70. The number of H-pyrrole nitrogens is 1. The van der Waals surface area contributed by atoms with E-state index in [4.69, 9.17) is 10.7 Å². The summed E-state index contributed by atoms with van der Waals surface area (Å²) >= 11 is 0. The second-order valence-corrected chi connectivity index (χ2v) is 5.64. The van der Waals surface area contributed by atoms with Gasteiger partial charge >= 0.3 is 0 Å². The fourth-order valence-corrected chi connectivity index (χ4v) is 2.34. The monoisotopic (exact) mass is 255 g/mol. The van der Waals surface area contributed by atoms with Crippen LogP contribution in [0, 0.1) is 0 Å². The summed E-state index contributed by atoms with van der Waals surface area (Å²) in [6, 6.07) is 9.92. The van der Waals surface area contributed by atoms with Crippen LogP contribution in [0.2, 0.25) is 0 Å². The molecule has 3 rings (SSSR count). The minimum atomic E-state index is -0.0781. The number of anilines is 1. The lowest BCUT2D eigenvalue weighted by Crippen LogP contribution is -2.22. The summed E-state index contributed by atoms with van der Waals surface area (Å²) < 4.78 is 2.20. The van der Waals surface area contributed by atoms with Crippen LogP contribution in [0.25, 0.3) is 22.6 Å². The molecule has 98 valence electrons. The molecule has 0 radical (unpaired) electrons. The number of imidazole rings is 1. The molecule has 3 aromatic rings. The number of rotatable bonds is 1. The summed E-state index contributed by atoms with van der Waals surface area (Å²) in [5, 5.41) is 6.92. The zero-order valence-electron chi connectivity index (χ0n) is 11.3. The lowest BCUT2D eigenvalue weighted by molar-refractivity contribution is 0.412. The molecule has 0 aliphatic rings. The third-order valence-corrected chi connectivity index (χ3v) is 3.07. The van der Waals surface area contributed by atoms with Crippen molar-refractivity contribution in [2.75, 3.05) is 5.73 Å². The van der Waals surface area contributed by atoms with Gasteiger partial charge in [-0.2, -0.15) is 5.10 Å². The topological polar surface area (TPSA) is 72.5 Å². The number of nitrogens with one attached hydrogen (secondary N) is 1. The number of fused-ring (bicyclic) bond motifs is 1. The van der Waals surface area contributed by atoms with Gasteiger partial charge in [-0.05, 0) is 32.9 Å². The first-order chi connectivity index (χ1) is 8.97. The summed E-state index contributed by atoms with van der Waals surface area (Å²) in [5.74, 6) is 1.33. The van der Waals surface area contributed by atoms with Crippen molar-refractivity contribution in [3.8, 4) is 11.5 Å².